The van der Waals surface area contributed by atoms with Crippen molar-refractivity contribution in [1.82, 2.24) is 20.4 Å². The van der Waals surface area contributed by atoms with Crippen molar-refractivity contribution in [2.75, 3.05) is 6.54 Å². The molecule has 0 fully saturated rings. The van der Waals surface area contributed by atoms with Gasteiger partial charge in [0.25, 0.3) is 0 Å². The van der Waals surface area contributed by atoms with Crippen molar-refractivity contribution in [1.29, 1.82) is 0 Å². The van der Waals surface area contributed by atoms with Crippen LogP contribution in [-0.4, -0.2) is 21.7 Å². The van der Waals surface area contributed by atoms with Crippen molar-refractivity contribution in [2.45, 2.75) is 39.2 Å². The van der Waals surface area contributed by atoms with Gasteiger partial charge in [-0.3, -0.25) is 4.98 Å². The molecule has 2 heterocycles. The lowest BCUT2D eigenvalue weighted by Crippen LogP contribution is -2.15. The first-order valence-corrected chi connectivity index (χ1v) is 8.58. The molecule has 0 atom stereocenters. The number of halogens is 1. The van der Waals surface area contributed by atoms with E-state index in [0.717, 1.165) is 53.2 Å². The molecule has 3 rings (SSSR count). The monoisotopic (exact) mass is 344 g/mol. The molecule has 126 valence electrons. The molecule has 6 heteroatoms. The maximum absolute atomic E-state index is 6.22. The zero-order chi connectivity index (χ0) is 16.9. The van der Waals surface area contributed by atoms with Crippen LogP contribution in [0.5, 0.6) is 0 Å². The van der Waals surface area contributed by atoms with Gasteiger partial charge < -0.3 is 9.84 Å². The largest absolute Gasteiger partial charge is 0.339 e. The molecule has 0 aliphatic heterocycles. The lowest BCUT2D eigenvalue weighted by Gasteiger charge is -2.08. The summed E-state index contributed by atoms with van der Waals surface area (Å²) in [6.07, 6.45) is 3.52. The second kappa shape index (κ2) is 7.73. The summed E-state index contributed by atoms with van der Waals surface area (Å²) in [7, 11) is 0. The smallest absolute Gasteiger partial charge is 0.226 e. The van der Waals surface area contributed by atoms with Crippen molar-refractivity contribution in [3.05, 3.63) is 52.8 Å². The Morgan fingerprint density at radius 1 is 1.25 bits per heavy atom. The molecule has 1 N–H and O–H groups in total. The molecule has 0 saturated heterocycles. The Morgan fingerprint density at radius 2 is 2.12 bits per heavy atom. The van der Waals surface area contributed by atoms with Gasteiger partial charge in [-0.05, 0) is 36.7 Å². The summed E-state index contributed by atoms with van der Waals surface area (Å²) in [6, 6.07) is 7.85. The zero-order valence-corrected chi connectivity index (χ0v) is 14.7. The fourth-order valence-corrected chi connectivity index (χ4v) is 2.75. The molecular weight excluding hydrogens is 324 g/mol. The van der Waals surface area contributed by atoms with E-state index in [2.05, 4.69) is 34.3 Å². The summed E-state index contributed by atoms with van der Waals surface area (Å²) >= 11 is 6.22. The summed E-state index contributed by atoms with van der Waals surface area (Å²) in [5.74, 6) is 1.78. The third-order valence-corrected chi connectivity index (χ3v) is 4.19. The summed E-state index contributed by atoms with van der Waals surface area (Å²) in [5.41, 5.74) is 2.10. The Hall–Kier alpha value is -1.98. The van der Waals surface area contributed by atoms with E-state index >= 15 is 0 Å². The van der Waals surface area contributed by atoms with E-state index in [-0.39, 0.29) is 0 Å². The lowest BCUT2D eigenvalue weighted by atomic mass is 10.1. The second-order valence-corrected chi connectivity index (χ2v) is 6.49. The normalized spacial score (nSPS) is 11.5. The maximum Gasteiger partial charge on any atom is 0.226 e. The molecule has 0 aliphatic rings. The van der Waals surface area contributed by atoms with Crippen molar-refractivity contribution < 1.29 is 4.52 Å². The molecule has 0 unspecified atom stereocenters. The molecular formula is C18H21ClN4O. The van der Waals surface area contributed by atoms with Gasteiger partial charge in [0.15, 0.2) is 5.82 Å². The van der Waals surface area contributed by atoms with Crippen LogP contribution in [0.3, 0.4) is 0 Å². The number of hydrogen-bond donors (Lipinski definition) is 1. The first-order valence-electron chi connectivity index (χ1n) is 8.20. The molecule has 0 spiro atoms. The molecule has 5 nitrogen and oxygen atoms in total. The number of hydrogen-bond acceptors (Lipinski definition) is 5. The van der Waals surface area contributed by atoms with Crippen LogP contribution in [0.1, 0.15) is 43.5 Å². The number of benzene rings is 1. The Morgan fingerprint density at radius 3 is 2.92 bits per heavy atom. The van der Waals surface area contributed by atoms with Crippen LogP contribution in [-0.2, 0) is 13.0 Å². The van der Waals surface area contributed by atoms with Gasteiger partial charge in [0.2, 0.25) is 5.89 Å². The summed E-state index contributed by atoms with van der Waals surface area (Å²) in [5, 5.41) is 9.14. The molecule has 1 aromatic carbocycles. The highest BCUT2D eigenvalue weighted by atomic mass is 35.5. The average Bonchev–Trinajstić information content (AvgIpc) is 3.06. The standard InChI is InChI=1S/C18H21ClN4O/c1-12(2)18-22-16(24-23-18)6-4-9-20-11-13-7-8-15(19)14-5-3-10-21-17(13)14/h3,5,7-8,10,12,20H,4,6,9,11H2,1-2H3. The Balaban J connectivity index is 1.51. The number of pyridine rings is 1. The number of fused-ring (bicyclic) bond motifs is 1. The average molecular weight is 345 g/mol. The predicted octanol–water partition coefficient (Wildman–Crippen LogP) is 4.12. The highest BCUT2D eigenvalue weighted by Gasteiger charge is 2.09. The second-order valence-electron chi connectivity index (χ2n) is 6.09. The number of aromatic nitrogens is 3. The molecule has 24 heavy (non-hydrogen) atoms. The SMILES string of the molecule is CC(C)c1noc(CCCNCc2ccc(Cl)c3cccnc23)n1. The van der Waals surface area contributed by atoms with Crippen LogP contribution in [0.15, 0.2) is 35.0 Å². The highest BCUT2D eigenvalue weighted by Crippen LogP contribution is 2.24. The minimum Gasteiger partial charge on any atom is -0.339 e. The third-order valence-electron chi connectivity index (χ3n) is 3.86. The number of nitrogens with one attached hydrogen (secondary N) is 1. The van der Waals surface area contributed by atoms with Crippen molar-refractivity contribution in [2.24, 2.45) is 0 Å². The molecule has 0 saturated carbocycles. The third kappa shape index (κ3) is 3.91. The Bertz CT molecular complexity index is 816. The molecule has 0 bridgehead atoms. The maximum atomic E-state index is 6.22. The van der Waals surface area contributed by atoms with Crippen LogP contribution >= 0.6 is 11.6 Å². The number of aryl methyl sites for hydroxylation is 1. The Labute approximate surface area is 146 Å². The fourth-order valence-electron chi connectivity index (χ4n) is 2.53. The van der Waals surface area contributed by atoms with Crippen LogP contribution in [0, 0.1) is 0 Å². The molecule has 0 radical (unpaired) electrons. The number of nitrogens with zero attached hydrogens (tertiary/aromatic N) is 3. The van der Waals surface area contributed by atoms with E-state index < -0.39 is 0 Å². The first kappa shape index (κ1) is 16.9. The summed E-state index contributed by atoms with van der Waals surface area (Å²) < 4.78 is 5.25. The zero-order valence-electron chi connectivity index (χ0n) is 13.9. The minimum absolute atomic E-state index is 0.298. The van der Waals surface area contributed by atoms with Crippen LogP contribution in [0.4, 0.5) is 0 Å². The van der Waals surface area contributed by atoms with E-state index in [1.807, 2.05) is 24.3 Å². The van der Waals surface area contributed by atoms with Crippen molar-refractivity contribution in [3.63, 3.8) is 0 Å². The van der Waals surface area contributed by atoms with Gasteiger partial charge in [0.1, 0.15) is 0 Å². The van der Waals surface area contributed by atoms with E-state index in [4.69, 9.17) is 16.1 Å². The molecule has 0 aliphatic carbocycles. The minimum atomic E-state index is 0.298. The van der Waals surface area contributed by atoms with Crippen LogP contribution in [0.2, 0.25) is 5.02 Å². The van der Waals surface area contributed by atoms with E-state index in [1.165, 1.54) is 0 Å². The summed E-state index contributed by atoms with van der Waals surface area (Å²) in [4.78, 5) is 8.84. The topological polar surface area (TPSA) is 63.8 Å². The van der Waals surface area contributed by atoms with Gasteiger partial charge >= 0.3 is 0 Å². The van der Waals surface area contributed by atoms with Gasteiger partial charge in [-0.25, -0.2) is 0 Å². The molecule has 0 amide bonds. The van der Waals surface area contributed by atoms with E-state index in [1.54, 1.807) is 6.20 Å². The molecule has 2 aromatic heterocycles. The van der Waals surface area contributed by atoms with Gasteiger partial charge in [-0.2, -0.15) is 4.98 Å². The van der Waals surface area contributed by atoms with Gasteiger partial charge in [-0.1, -0.05) is 36.7 Å². The van der Waals surface area contributed by atoms with Gasteiger partial charge in [-0.15, -0.1) is 0 Å². The Kier molecular flexibility index (Phi) is 5.43. The predicted molar refractivity (Wildman–Crippen MR) is 95.2 cm³/mol. The van der Waals surface area contributed by atoms with Crippen LogP contribution < -0.4 is 5.32 Å². The van der Waals surface area contributed by atoms with Gasteiger partial charge in [0, 0.05) is 35.5 Å². The summed E-state index contributed by atoms with van der Waals surface area (Å²) in [6.45, 7) is 5.74. The molecule has 3 aromatic rings. The first-order chi connectivity index (χ1) is 11.6. The van der Waals surface area contributed by atoms with Crippen LogP contribution in [0.25, 0.3) is 10.9 Å². The fraction of sp³-hybridized carbons (Fsp3) is 0.389. The lowest BCUT2D eigenvalue weighted by molar-refractivity contribution is 0.367. The number of rotatable bonds is 7. The quantitative estimate of drug-likeness (QED) is 0.653. The van der Waals surface area contributed by atoms with E-state index in [9.17, 15) is 0 Å². The van der Waals surface area contributed by atoms with Crippen molar-refractivity contribution in [3.8, 4) is 0 Å². The highest BCUT2D eigenvalue weighted by molar-refractivity contribution is 6.35. The van der Waals surface area contributed by atoms with Crippen molar-refractivity contribution >= 4 is 22.5 Å². The van der Waals surface area contributed by atoms with Gasteiger partial charge in [0.05, 0.1) is 5.52 Å². The van der Waals surface area contributed by atoms with E-state index in [0.29, 0.717) is 11.8 Å².